The van der Waals surface area contributed by atoms with Gasteiger partial charge in [-0.1, -0.05) is 25.1 Å². The average molecular weight is 424 g/mol. The number of amides is 2. The third-order valence-electron chi connectivity index (χ3n) is 5.39. The van der Waals surface area contributed by atoms with E-state index in [1.54, 1.807) is 17.0 Å². The number of anilines is 1. The Morgan fingerprint density at radius 3 is 2.61 bits per heavy atom. The largest absolute Gasteiger partial charge is 0.455 e. The third kappa shape index (κ3) is 4.79. The molecule has 8 heteroatoms. The molecule has 2 amide bonds. The SMILES string of the molecule is CCc1ccc(N2C[C@H](C(=O)OCC(=O)NCc3ccc4c(c3)OCO4)CC2=O)cc1. The monoisotopic (exact) mass is 424 g/mol. The van der Waals surface area contributed by atoms with E-state index in [9.17, 15) is 14.4 Å². The Morgan fingerprint density at radius 2 is 1.84 bits per heavy atom. The van der Waals surface area contributed by atoms with Crippen LogP contribution in [0.4, 0.5) is 5.69 Å². The lowest BCUT2D eigenvalue weighted by Gasteiger charge is -2.17. The summed E-state index contributed by atoms with van der Waals surface area (Å²) in [6.45, 7) is 2.39. The summed E-state index contributed by atoms with van der Waals surface area (Å²) in [5.41, 5.74) is 2.78. The first kappa shape index (κ1) is 20.7. The van der Waals surface area contributed by atoms with E-state index >= 15 is 0 Å². The molecule has 0 aromatic heterocycles. The fourth-order valence-corrected chi connectivity index (χ4v) is 3.58. The summed E-state index contributed by atoms with van der Waals surface area (Å²) in [7, 11) is 0. The van der Waals surface area contributed by atoms with Crippen molar-refractivity contribution in [3.8, 4) is 11.5 Å². The lowest BCUT2D eigenvalue weighted by atomic mass is 10.1. The minimum atomic E-state index is -0.583. The molecule has 31 heavy (non-hydrogen) atoms. The van der Waals surface area contributed by atoms with Crippen LogP contribution in [0.1, 0.15) is 24.5 Å². The molecule has 162 valence electrons. The van der Waals surface area contributed by atoms with E-state index in [-0.39, 0.29) is 38.8 Å². The summed E-state index contributed by atoms with van der Waals surface area (Å²) < 4.78 is 15.7. The van der Waals surface area contributed by atoms with Gasteiger partial charge in [-0.3, -0.25) is 14.4 Å². The highest BCUT2D eigenvalue weighted by Gasteiger charge is 2.36. The standard InChI is InChI=1S/C23H24N2O6/c1-2-15-3-6-18(7-4-15)25-12-17(10-22(25)27)23(28)29-13-21(26)24-11-16-5-8-19-20(9-16)31-14-30-19/h3-9,17H,2,10-14H2,1H3,(H,24,26)/t17-/m1/s1. The molecule has 0 saturated carbocycles. The van der Waals surface area contributed by atoms with Crippen LogP contribution in [0.5, 0.6) is 11.5 Å². The van der Waals surface area contributed by atoms with Crippen molar-refractivity contribution in [1.82, 2.24) is 5.32 Å². The van der Waals surface area contributed by atoms with Gasteiger partial charge in [0.05, 0.1) is 5.92 Å². The summed E-state index contributed by atoms with van der Waals surface area (Å²) in [4.78, 5) is 38.4. The molecule has 2 aliphatic rings. The van der Waals surface area contributed by atoms with Crippen LogP contribution >= 0.6 is 0 Å². The van der Waals surface area contributed by atoms with Gasteiger partial charge in [0, 0.05) is 25.2 Å². The Hall–Kier alpha value is -3.55. The summed E-state index contributed by atoms with van der Waals surface area (Å²) >= 11 is 0. The zero-order valence-electron chi connectivity index (χ0n) is 17.3. The fourth-order valence-electron chi connectivity index (χ4n) is 3.58. The lowest BCUT2D eigenvalue weighted by Crippen LogP contribution is -2.31. The first-order valence-corrected chi connectivity index (χ1v) is 10.2. The van der Waals surface area contributed by atoms with Crippen molar-refractivity contribution in [3.05, 3.63) is 53.6 Å². The van der Waals surface area contributed by atoms with Crippen molar-refractivity contribution >= 4 is 23.5 Å². The lowest BCUT2D eigenvalue weighted by molar-refractivity contribution is -0.152. The number of fused-ring (bicyclic) bond motifs is 1. The Labute approximate surface area is 180 Å². The van der Waals surface area contributed by atoms with Crippen LogP contribution in [-0.2, 0) is 32.1 Å². The van der Waals surface area contributed by atoms with E-state index < -0.39 is 17.8 Å². The smallest absolute Gasteiger partial charge is 0.311 e. The Morgan fingerprint density at radius 1 is 1.10 bits per heavy atom. The fraction of sp³-hybridized carbons (Fsp3) is 0.348. The maximum Gasteiger partial charge on any atom is 0.311 e. The van der Waals surface area contributed by atoms with Gasteiger partial charge in [0.2, 0.25) is 12.7 Å². The van der Waals surface area contributed by atoms with Gasteiger partial charge in [0.25, 0.3) is 5.91 Å². The number of hydrogen-bond donors (Lipinski definition) is 1. The molecule has 8 nitrogen and oxygen atoms in total. The van der Waals surface area contributed by atoms with E-state index in [2.05, 4.69) is 12.2 Å². The number of ether oxygens (including phenoxy) is 3. The molecule has 2 heterocycles. The summed E-state index contributed by atoms with van der Waals surface area (Å²) in [6, 6.07) is 13.1. The van der Waals surface area contributed by atoms with E-state index in [4.69, 9.17) is 14.2 Å². The van der Waals surface area contributed by atoms with Gasteiger partial charge in [-0.2, -0.15) is 0 Å². The van der Waals surface area contributed by atoms with Crippen LogP contribution in [0.2, 0.25) is 0 Å². The molecule has 0 spiro atoms. The predicted octanol–water partition coefficient (Wildman–Crippen LogP) is 2.19. The van der Waals surface area contributed by atoms with E-state index in [0.29, 0.717) is 11.5 Å². The number of nitrogens with zero attached hydrogens (tertiary/aromatic N) is 1. The molecule has 1 atom stereocenters. The highest BCUT2D eigenvalue weighted by atomic mass is 16.7. The van der Waals surface area contributed by atoms with Gasteiger partial charge in [0.15, 0.2) is 18.1 Å². The third-order valence-corrected chi connectivity index (χ3v) is 5.39. The van der Waals surface area contributed by atoms with E-state index in [0.717, 1.165) is 17.7 Å². The number of hydrogen-bond acceptors (Lipinski definition) is 6. The second-order valence-corrected chi connectivity index (χ2v) is 7.50. The van der Waals surface area contributed by atoms with Crippen LogP contribution in [0.15, 0.2) is 42.5 Å². The summed E-state index contributed by atoms with van der Waals surface area (Å²) in [5.74, 6) is -0.358. The van der Waals surface area contributed by atoms with Crippen LogP contribution in [0, 0.1) is 5.92 Å². The zero-order chi connectivity index (χ0) is 21.8. The van der Waals surface area contributed by atoms with Crippen molar-refractivity contribution in [2.75, 3.05) is 24.8 Å². The van der Waals surface area contributed by atoms with Gasteiger partial charge in [-0.05, 0) is 41.8 Å². The van der Waals surface area contributed by atoms with Gasteiger partial charge in [0.1, 0.15) is 0 Å². The van der Waals surface area contributed by atoms with Crippen molar-refractivity contribution in [1.29, 1.82) is 0 Å². The van der Waals surface area contributed by atoms with Gasteiger partial charge >= 0.3 is 5.97 Å². The molecule has 0 unspecified atom stereocenters. The van der Waals surface area contributed by atoms with Gasteiger partial charge in [-0.25, -0.2) is 0 Å². The Bertz CT molecular complexity index is 988. The van der Waals surface area contributed by atoms with Crippen LogP contribution in [0.25, 0.3) is 0 Å². The topological polar surface area (TPSA) is 94.2 Å². The number of aryl methyl sites for hydroxylation is 1. The quantitative estimate of drug-likeness (QED) is 0.685. The highest BCUT2D eigenvalue weighted by Crippen LogP contribution is 2.32. The molecular weight excluding hydrogens is 400 g/mol. The minimum absolute atomic E-state index is 0.0766. The van der Waals surface area contributed by atoms with E-state index in [1.165, 1.54) is 5.56 Å². The van der Waals surface area contributed by atoms with Crippen LogP contribution < -0.4 is 19.7 Å². The van der Waals surface area contributed by atoms with Crippen LogP contribution in [0.3, 0.4) is 0 Å². The molecule has 0 radical (unpaired) electrons. The molecule has 2 aliphatic heterocycles. The number of carbonyl (C=O) groups is 3. The van der Waals surface area contributed by atoms with Crippen molar-refractivity contribution in [2.45, 2.75) is 26.3 Å². The Balaban J connectivity index is 1.23. The maximum absolute atomic E-state index is 12.4. The molecule has 0 aliphatic carbocycles. The van der Waals surface area contributed by atoms with Gasteiger partial charge < -0.3 is 24.4 Å². The number of rotatable bonds is 7. The molecule has 2 aromatic rings. The van der Waals surface area contributed by atoms with Crippen LogP contribution in [-0.4, -0.2) is 37.7 Å². The second kappa shape index (κ2) is 9.07. The minimum Gasteiger partial charge on any atom is -0.455 e. The second-order valence-electron chi connectivity index (χ2n) is 7.50. The van der Waals surface area contributed by atoms with E-state index in [1.807, 2.05) is 30.3 Å². The molecule has 2 aromatic carbocycles. The zero-order valence-corrected chi connectivity index (χ0v) is 17.3. The molecule has 1 saturated heterocycles. The highest BCUT2D eigenvalue weighted by molar-refractivity contribution is 5.99. The Kier molecular flexibility index (Phi) is 6.06. The number of esters is 1. The number of nitrogens with one attached hydrogen (secondary N) is 1. The molecular formula is C23H24N2O6. The van der Waals surface area contributed by atoms with Gasteiger partial charge in [-0.15, -0.1) is 0 Å². The summed E-state index contributed by atoms with van der Waals surface area (Å²) in [6.07, 6.45) is 0.993. The predicted molar refractivity (Wildman–Crippen MR) is 112 cm³/mol. The number of benzene rings is 2. The molecule has 1 fully saturated rings. The normalized spacial score (nSPS) is 17.0. The maximum atomic E-state index is 12.4. The van der Waals surface area contributed by atoms with Crippen molar-refractivity contribution in [2.24, 2.45) is 5.92 Å². The molecule has 1 N–H and O–H groups in total. The first-order valence-electron chi connectivity index (χ1n) is 10.2. The van der Waals surface area contributed by atoms with Crippen molar-refractivity contribution < 1.29 is 28.6 Å². The van der Waals surface area contributed by atoms with Crippen molar-refractivity contribution in [3.63, 3.8) is 0 Å². The first-order chi connectivity index (χ1) is 15.0. The molecule has 0 bridgehead atoms. The molecule has 4 rings (SSSR count). The number of carbonyl (C=O) groups excluding carboxylic acids is 3. The summed E-state index contributed by atoms with van der Waals surface area (Å²) in [5, 5.41) is 2.70. The average Bonchev–Trinajstić information content (AvgIpc) is 3.42.